The Kier molecular flexibility index (Phi) is 6.33. The van der Waals surface area contributed by atoms with Crippen LogP contribution in [0, 0.1) is 0 Å². The first-order chi connectivity index (χ1) is 7.77. The number of hydrogen-bond donors (Lipinski definition) is 1. The molecular weight excluding hydrogens is 220 g/mol. The first-order valence-corrected chi connectivity index (χ1v) is 7.50. The number of aliphatic hydroxyl groups is 1. The van der Waals surface area contributed by atoms with Gasteiger partial charge in [-0.2, -0.15) is 0 Å². The molecule has 90 valence electrons. The van der Waals surface area contributed by atoms with E-state index in [1.54, 1.807) is 0 Å². The summed E-state index contributed by atoms with van der Waals surface area (Å²) >= 11 is 0. The maximum Gasteiger partial charge on any atom is 0.321 e. The van der Waals surface area contributed by atoms with Crippen molar-refractivity contribution in [1.29, 1.82) is 0 Å². The SMILES string of the molecule is CCO[SiH](CC)OCC(O)c1ccccc1. The molecule has 0 fully saturated rings. The monoisotopic (exact) mass is 240 g/mol. The molecule has 1 aromatic carbocycles. The average Bonchev–Trinajstić information content (AvgIpc) is 2.35. The highest BCUT2D eigenvalue weighted by molar-refractivity contribution is 6.44. The van der Waals surface area contributed by atoms with E-state index in [0.717, 1.165) is 11.6 Å². The lowest BCUT2D eigenvalue weighted by Gasteiger charge is -2.17. The number of hydrogen-bond acceptors (Lipinski definition) is 3. The predicted molar refractivity (Wildman–Crippen MR) is 66.6 cm³/mol. The normalized spacial score (nSPS) is 14.7. The van der Waals surface area contributed by atoms with E-state index in [1.165, 1.54) is 0 Å². The highest BCUT2D eigenvalue weighted by atomic mass is 28.3. The molecule has 0 saturated carbocycles. The molecule has 1 rings (SSSR count). The van der Waals surface area contributed by atoms with Gasteiger partial charge in [0, 0.05) is 6.61 Å². The Balaban J connectivity index is 2.37. The average molecular weight is 240 g/mol. The van der Waals surface area contributed by atoms with E-state index in [1.807, 2.05) is 37.3 Å². The van der Waals surface area contributed by atoms with E-state index in [-0.39, 0.29) is 0 Å². The highest BCUT2D eigenvalue weighted by Crippen LogP contribution is 2.13. The Morgan fingerprint density at radius 1 is 1.19 bits per heavy atom. The molecule has 3 nitrogen and oxygen atoms in total. The fourth-order valence-electron chi connectivity index (χ4n) is 1.44. The fraction of sp³-hybridized carbons (Fsp3) is 0.500. The Bertz CT molecular complexity index is 279. The molecule has 1 N–H and O–H groups in total. The van der Waals surface area contributed by atoms with Gasteiger partial charge in [-0.15, -0.1) is 0 Å². The van der Waals surface area contributed by atoms with Crippen LogP contribution in [0.15, 0.2) is 30.3 Å². The Hall–Kier alpha value is -0.683. The topological polar surface area (TPSA) is 38.7 Å². The maximum atomic E-state index is 9.87. The zero-order chi connectivity index (χ0) is 11.8. The van der Waals surface area contributed by atoms with Crippen molar-refractivity contribution >= 4 is 9.28 Å². The van der Waals surface area contributed by atoms with Gasteiger partial charge in [-0.05, 0) is 18.5 Å². The summed E-state index contributed by atoms with van der Waals surface area (Å²) in [4.78, 5) is 0. The minimum atomic E-state index is -1.55. The summed E-state index contributed by atoms with van der Waals surface area (Å²) in [5.74, 6) is 0. The van der Waals surface area contributed by atoms with Crippen molar-refractivity contribution in [2.75, 3.05) is 13.2 Å². The van der Waals surface area contributed by atoms with Crippen LogP contribution in [0.25, 0.3) is 0 Å². The van der Waals surface area contributed by atoms with Gasteiger partial charge < -0.3 is 14.0 Å². The predicted octanol–water partition coefficient (Wildman–Crippen LogP) is 2.01. The van der Waals surface area contributed by atoms with Crippen molar-refractivity contribution in [2.45, 2.75) is 26.0 Å². The van der Waals surface area contributed by atoms with Gasteiger partial charge in [0.2, 0.25) is 0 Å². The van der Waals surface area contributed by atoms with Gasteiger partial charge in [0.25, 0.3) is 0 Å². The second-order valence-electron chi connectivity index (χ2n) is 3.55. The summed E-state index contributed by atoms with van der Waals surface area (Å²) in [5, 5.41) is 9.87. The summed E-state index contributed by atoms with van der Waals surface area (Å²) in [6.45, 7) is 5.04. The van der Waals surface area contributed by atoms with Gasteiger partial charge in [0.05, 0.1) is 6.61 Å². The third kappa shape index (κ3) is 4.45. The van der Waals surface area contributed by atoms with Crippen LogP contribution >= 0.6 is 0 Å². The van der Waals surface area contributed by atoms with Crippen LogP contribution < -0.4 is 0 Å². The summed E-state index contributed by atoms with van der Waals surface area (Å²) in [6, 6.07) is 10.5. The highest BCUT2D eigenvalue weighted by Gasteiger charge is 2.13. The standard InChI is InChI=1S/C12H20O3Si/c1-3-14-16(4-2)15-10-12(13)11-8-6-5-7-9-11/h5-9,12-13,16H,3-4,10H2,1-2H3. The lowest BCUT2D eigenvalue weighted by molar-refractivity contribution is 0.0876. The molecule has 0 saturated heterocycles. The summed E-state index contributed by atoms with van der Waals surface area (Å²) < 4.78 is 11.1. The first-order valence-electron chi connectivity index (χ1n) is 5.74. The molecule has 0 radical (unpaired) electrons. The molecule has 4 heteroatoms. The zero-order valence-electron chi connectivity index (χ0n) is 9.93. The van der Waals surface area contributed by atoms with Gasteiger partial charge in [0.1, 0.15) is 6.10 Å². The van der Waals surface area contributed by atoms with Crippen LogP contribution in [0.2, 0.25) is 6.04 Å². The molecule has 0 heterocycles. The molecule has 0 spiro atoms. The molecule has 0 bridgehead atoms. The fourth-order valence-corrected chi connectivity index (χ4v) is 2.78. The molecule has 0 amide bonds. The van der Waals surface area contributed by atoms with Crippen molar-refractivity contribution in [3.8, 4) is 0 Å². The third-order valence-electron chi connectivity index (χ3n) is 2.31. The lowest BCUT2D eigenvalue weighted by Crippen LogP contribution is -2.24. The van der Waals surface area contributed by atoms with E-state index in [4.69, 9.17) is 8.85 Å². The summed E-state index contributed by atoms with van der Waals surface area (Å²) in [5.41, 5.74) is 0.892. The van der Waals surface area contributed by atoms with Crippen LogP contribution in [0.4, 0.5) is 0 Å². The third-order valence-corrected chi connectivity index (χ3v) is 4.25. The van der Waals surface area contributed by atoms with E-state index in [0.29, 0.717) is 13.2 Å². The summed E-state index contributed by atoms with van der Waals surface area (Å²) in [7, 11) is -1.55. The molecule has 2 unspecified atom stereocenters. The maximum absolute atomic E-state index is 9.87. The van der Waals surface area contributed by atoms with Crippen LogP contribution in [-0.2, 0) is 8.85 Å². The van der Waals surface area contributed by atoms with Gasteiger partial charge in [-0.25, -0.2) is 0 Å². The molecule has 1 aromatic rings. The van der Waals surface area contributed by atoms with Crippen molar-refractivity contribution in [2.24, 2.45) is 0 Å². The van der Waals surface area contributed by atoms with Crippen LogP contribution in [0.1, 0.15) is 25.5 Å². The Morgan fingerprint density at radius 3 is 2.44 bits per heavy atom. The molecule has 16 heavy (non-hydrogen) atoms. The second kappa shape index (κ2) is 7.57. The number of aliphatic hydroxyl groups excluding tert-OH is 1. The zero-order valence-corrected chi connectivity index (χ0v) is 11.1. The van der Waals surface area contributed by atoms with Gasteiger partial charge >= 0.3 is 9.28 Å². The Labute approximate surface area is 98.9 Å². The van der Waals surface area contributed by atoms with Gasteiger partial charge in [-0.3, -0.25) is 0 Å². The largest absolute Gasteiger partial charge is 0.397 e. The van der Waals surface area contributed by atoms with Crippen LogP contribution in [0.3, 0.4) is 0 Å². The molecule has 0 aliphatic rings. The van der Waals surface area contributed by atoms with Crippen molar-refractivity contribution < 1.29 is 14.0 Å². The van der Waals surface area contributed by atoms with Gasteiger partial charge in [-0.1, -0.05) is 37.3 Å². The quantitative estimate of drug-likeness (QED) is 0.741. The molecule has 0 aliphatic carbocycles. The number of rotatable bonds is 7. The smallest absolute Gasteiger partial charge is 0.321 e. The van der Waals surface area contributed by atoms with E-state index < -0.39 is 15.4 Å². The summed E-state index contributed by atoms with van der Waals surface area (Å²) in [6.07, 6.45) is -0.553. The number of benzene rings is 1. The van der Waals surface area contributed by atoms with Crippen molar-refractivity contribution in [3.63, 3.8) is 0 Å². The molecule has 2 atom stereocenters. The lowest BCUT2D eigenvalue weighted by atomic mass is 10.1. The second-order valence-corrected chi connectivity index (χ2v) is 5.90. The van der Waals surface area contributed by atoms with E-state index in [2.05, 4.69) is 6.92 Å². The minimum Gasteiger partial charge on any atom is -0.397 e. The van der Waals surface area contributed by atoms with E-state index >= 15 is 0 Å². The minimum absolute atomic E-state index is 0.328. The molecule has 0 aliphatic heterocycles. The van der Waals surface area contributed by atoms with Crippen LogP contribution in [0.5, 0.6) is 0 Å². The Morgan fingerprint density at radius 2 is 1.88 bits per heavy atom. The molecule has 0 aromatic heterocycles. The van der Waals surface area contributed by atoms with Crippen molar-refractivity contribution in [1.82, 2.24) is 0 Å². The van der Waals surface area contributed by atoms with Gasteiger partial charge in [0.15, 0.2) is 0 Å². The van der Waals surface area contributed by atoms with Crippen molar-refractivity contribution in [3.05, 3.63) is 35.9 Å². The van der Waals surface area contributed by atoms with E-state index in [9.17, 15) is 5.11 Å². The van der Waals surface area contributed by atoms with Crippen LogP contribution in [-0.4, -0.2) is 27.6 Å². The first kappa shape index (κ1) is 13.4. The molecular formula is C12H20O3Si.